The Kier molecular flexibility index (Phi) is 4.63. The maximum atomic E-state index is 13.7. The van der Waals surface area contributed by atoms with Gasteiger partial charge in [-0.1, -0.05) is 0 Å². The summed E-state index contributed by atoms with van der Waals surface area (Å²) in [5, 5.41) is 19.5. The predicted octanol–water partition coefficient (Wildman–Crippen LogP) is 2.44. The molecule has 0 aliphatic heterocycles. The summed E-state index contributed by atoms with van der Waals surface area (Å²) in [6, 6.07) is 4.01. The lowest BCUT2D eigenvalue weighted by atomic mass is 9.98. The number of halogens is 1. The fourth-order valence-electron chi connectivity index (χ4n) is 1.83. The van der Waals surface area contributed by atoms with Gasteiger partial charge in [0.1, 0.15) is 5.54 Å². The van der Waals surface area contributed by atoms with Gasteiger partial charge in [0, 0.05) is 12.0 Å². The zero-order chi connectivity index (χ0) is 15.5. The molecule has 2 atom stereocenters. The summed E-state index contributed by atoms with van der Waals surface area (Å²) in [7, 11) is 0. The molecule has 0 saturated heterocycles. The molecule has 7 heteroatoms. The van der Waals surface area contributed by atoms with Crippen LogP contribution in [0.2, 0.25) is 0 Å². The van der Waals surface area contributed by atoms with Crippen molar-refractivity contribution in [1.82, 2.24) is 0 Å². The van der Waals surface area contributed by atoms with Gasteiger partial charge in [-0.15, -0.1) is 0 Å². The van der Waals surface area contributed by atoms with Crippen LogP contribution in [-0.4, -0.2) is 16.6 Å². The molecule has 0 bridgehead atoms. The van der Waals surface area contributed by atoms with Gasteiger partial charge in [0.2, 0.25) is 0 Å². The molecular weight excluding hydrogens is 265 g/mol. The van der Waals surface area contributed by atoms with Crippen LogP contribution in [-0.2, 0) is 0 Å². The van der Waals surface area contributed by atoms with Gasteiger partial charge in [-0.2, -0.15) is 5.26 Å². The molecule has 20 heavy (non-hydrogen) atoms. The lowest BCUT2D eigenvalue weighted by Crippen LogP contribution is -2.38. The Hall–Kier alpha value is -2.20. The molecular formula is C13H16FN3O3. The van der Waals surface area contributed by atoms with Gasteiger partial charge in [0.05, 0.1) is 23.2 Å². The van der Waals surface area contributed by atoms with E-state index in [0.717, 1.165) is 6.07 Å². The van der Waals surface area contributed by atoms with Gasteiger partial charge in [0.25, 0.3) is 5.69 Å². The molecule has 1 rings (SSSR count). The summed E-state index contributed by atoms with van der Waals surface area (Å²) >= 11 is 0. The minimum atomic E-state index is -1.08. The van der Waals surface area contributed by atoms with Crippen molar-refractivity contribution in [3.05, 3.63) is 33.6 Å². The van der Waals surface area contributed by atoms with Crippen LogP contribution in [0.25, 0.3) is 0 Å². The zero-order valence-corrected chi connectivity index (χ0v) is 11.5. The third-order valence-electron chi connectivity index (χ3n) is 2.74. The van der Waals surface area contributed by atoms with Crippen LogP contribution in [0, 0.1) is 34.2 Å². The Bertz CT molecular complexity index is 567. The van der Waals surface area contributed by atoms with E-state index in [9.17, 15) is 14.5 Å². The van der Waals surface area contributed by atoms with E-state index in [2.05, 4.69) is 0 Å². The SMILES string of the molecule is Cc1cc(OC(C)CC(C)(N)C#N)c(F)cc1[N+](=O)[O-]. The first kappa shape index (κ1) is 15.9. The third-order valence-corrected chi connectivity index (χ3v) is 2.74. The van der Waals surface area contributed by atoms with E-state index in [1.807, 2.05) is 6.07 Å². The number of nitrogens with two attached hydrogens (primary N) is 1. The lowest BCUT2D eigenvalue weighted by Gasteiger charge is -2.22. The van der Waals surface area contributed by atoms with Crippen LogP contribution in [0.1, 0.15) is 25.8 Å². The zero-order valence-electron chi connectivity index (χ0n) is 11.5. The summed E-state index contributed by atoms with van der Waals surface area (Å²) in [5.41, 5.74) is 4.60. The van der Waals surface area contributed by atoms with Gasteiger partial charge in [-0.05, 0) is 26.8 Å². The lowest BCUT2D eigenvalue weighted by molar-refractivity contribution is -0.385. The van der Waals surface area contributed by atoms with Gasteiger partial charge in [-0.25, -0.2) is 4.39 Å². The van der Waals surface area contributed by atoms with Gasteiger partial charge >= 0.3 is 0 Å². The molecule has 1 aromatic carbocycles. The first-order valence-electron chi connectivity index (χ1n) is 5.97. The number of aryl methyl sites for hydroxylation is 1. The molecule has 0 saturated carbocycles. The number of hydrogen-bond donors (Lipinski definition) is 1. The fraction of sp³-hybridized carbons (Fsp3) is 0.462. The number of benzene rings is 1. The molecule has 6 nitrogen and oxygen atoms in total. The molecule has 0 aliphatic carbocycles. The number of nitrogens with zero attached hydrogens (tertiary/aromatic N) is 2. The van der Waals surface area contributed by atoms with Crippen LogP contribution >= 0.6 is 0 Å². The van der Waals surface area contributed by atoms with Crippen LogP contribution in [0.5, 0.6) is 5.75 Å². The second kappa shape index (κ2) is 5.84. The minimum Gasteiger partial charge on any atom is -0.488 e. The maximum Gasteiger partial charge on any atom is 0.275 e. The highest BCUT2D eigenvalue weighted by molar-refractivity contribution is 5.45. The van der Waals surface area contributed by atoms with Crippen LogP contribution in [0.15, 0.2) is 12.1 Å². The Morgan fingerprint density at radius 3 is 2.75 bits per heavy atom. The van der Waals surface area contributed by atoms with Crippen LogP contribution in [0.4, 0.5) is 10.1 Å². The standard InChI is InChI=1S/C13H16FN3O3/c1-8-4-12(10(14)5-11(8)17(18)19)20-9(2)6-13(3,16)7-15/h4-5,9H,6,16H2,1-3H3. The minimum absolute atomic E-state index is 0.0886. The fourth-order valence-corrected chi connectivity index (χ4v) is 1.83. The van der Waals surface area contributed by atoms with E-state index in [1.54, 1.807) is 13.8 Å². The summed E-state index contributed by atoms with van der Waals surface area (Å²) in [6.07, 6.45) is -0.293. The largest absolute Gasteiger partial charge is 0.488 e. The normalized spacial score (nSPS) is 15.0. The van der Waals surface area contributed by atoms with Crippen molar-refractivity contribution in [2.45, 2.75) is 38.8 Å². The number of ether oxygens (including phenoxy) is 1. The molecule has 2 N–H and O–H groups in total. The summed E-state index contributed by atoms with van der Waals surface area (Å²) in [5.74, 6) is -0.904. The Morgan fingerprint density at radius 2 is 2.25 bits per heavy atom. The van der Waals surface area contributed by atoms with E-state index >= 15 is 0 Å². The second-order valence-electron chi connectivity index (χ2n) is 4.99. The number of nitro benzene ring substituents is 1. The highest BCUT2D eigenvalue weighted by Gasteiger charge is 2.24. The van der Waals surface area contributed by atoms with Crippen LogP contribution in [0.3, 0.4) is 0 Å². The monoisotopic (exact) mass is 281 g/mol. The van der Waals surface area contributed by atoms with E-state index in [4.69, 9.17) is 15.7 Å². The van der Waals surface area contributed by atoms with Crippen molar-refractivity contribution in [2.75, 3.05) is 0 Å². The highest BCUT2D eigenvalue weighted by atomic mass is 19.1. The third kappa shape index (κ3) is 3.90. The van der Waals surface area contributed by atoms with E-state index in [0.29, 0.717) is 5.56 Å². The van der Waals surface area contributed by atoms with Crippen molar-refractivity contribution in [2.24, 2.45) is 5.73 Å². The first-order valence-corrected chi connectivity index (χ1v) is 5.97. The number of nitriles is 1. The summed E-state index contributed by atoms with van der Waals surface area (Å²) in [6.45, 7) is 4.69. The van der Waals surface area contributed by atoms with E-state index in [-0.39, 0.29) is 17.9 Å². The first-order chi connectivity index (χ1) is 9.16. The molecule has 108 valence electrons. The molecule has 0 spiro atoms. The molecule has 0 aliphatic rings. The van der Waals surface area contributed by atoms with Crippen molar-refractivity contribution in [1.29, 1.82) is 5.26 Å². The average molecular weight is 281 g/mol. The Balaban J connectivity index is 2.92. The molecule has 1 aromatic rings. The topological polar surface area (TPSA) is 102 Å². The summed E-state index contributed by atoms with van der Waals surface area (Å²) in [4.78, 5) is 10.0. The number of rotatable bonds is 5. The highest BCUT2D eigenvalue weighted by Crippen LogP contribution is 2.28. The quantitative estimate of drug-likeness (QED) is 0.659. The van der Waals surface area contributed by atoms with E-state index in [1.165, 1.54) is 13.0 Å². The van der Waals surface area contributed by atoms with E-state index < -0.39 is 22.4 Å². The molecule has 0 aromatic heterocycles. The smallest absolute Gasteiger partial charge is 0.275 e. The summed E-state index contributed by atoms with van der Waals surface area (Å²) < 4.78 is 19.1. The van der Waals surface area contributed by atoms with Crippen molar-refractivity contribution in [3.63, 3.8) is 0 Å². The maximum absolute atomic E-state index is 13.7. The molecule has 0 fully saturated rings. The van der Waals surface area contributed by atoms with Crippen molar-refractivity contribution in [3.8, 4) is 11.8 Å². The Labute approximate surface area is 116 Å². The molecule has 0 amide bonds. The van der Waals surface area contributed by atoms with Crippen molar-refractivity contribution < 1.29 is 14.1 Å². The van der Waals surface area contributed by atoms with Gasteiger partial charge < -0.3 is 10.5 Å². The number of nitro groups is 1. The van der Waals surface area contributed by atoms with Gasteiger partial charge in [-0.3, -0.25) is 10.1 Å². The molecule has 0 heterocycles. The second-order valence-corrected chi connectivity index (χ2v) is 4.99. The number of hydrogen-bond acceptors (Lipinski definition) is 5. The average Bonchev–Trinajstić information content (AvgIpc) is 2.32. The van der Waals surface area contributed by atoms with Gasteiger partial charge in [0.15, 0.2) is 11.6 Å². The Morgan fingerprint density at radius 1 is 1.65 bits per heavy atom. The van der Waals surface area contributed by atoms with Crippen LogP contribution < -0.4 is 10.5 Å². The predicted molar refractivity (Wildman–Crippen MR) is 70.7 cm³/mol. The molecule has 2 unspecified atom stereocenters. The van der Waals surface area contributed by atoms with Crippen molar-refractivity contribution >= 4 is 5.69 Å². The molecule has 0 radical (unpaired) electrons.